The molecular formula is C89H147BF8N10O32S3U. The van der Waals surface area contributed by atoms with Crippen LogP contribution in [0.2, 0.25) is 0 Å². The molecule has 10 aliphatic rings. The quantitative estimate of drug-likeness (QED) is 0.00701. The van der Waals surface area contributed by atoms with E-state index in [1.54, 1.807) is 158 Å². The zero-order valence-electron chi connectivity index (χ0n) is 86.5. The first-order valence-corrected chi connectivity index (χ1v) is 51.1. The van der Waals surface area contributed by atoms with Gasteiger partial charge in [0.05, 0.1) is 47.7 Å². The van der Waals surface area contributed by atoms with Crippen molar-refractivity contribution >= 4 is 123 Å². The zero-order chi connectivity index (χ0) is 112. The van der Waals surface area contributed by atoms with Crippen LogP contribution in [0.25, 0.3) is 0 Å². The number of esters is 4. The number of carbonyl (C=O) groups excluding carboxylic acids is 13. The van der Waals surface area contributed by atoms with Crippen LogP contribution >= 0.6 is 0 Å². The van der Waals surface area contributed by atoms with E-state index in [1.165, 1.54) is 0 Å². The van der Waals surface area contributed by atoms with Crippen LogP contribution in [0.4, 0.5) is 63.9 Å². The number of aliphatic carboxylic acids is 1. The Morgan fingerprint density at radius 1 is 0.403 bits per heavy atom. The summed E-state index contributed by atoms with van der Waals surface area (Å²) in [4.78, 5) is 163. The molecule has 10 aliphatic carbocycles. The summed E-state index contributed by atoms with van der Waals surface area (Å²) in [6.07, 6.45) is -8.79. The van der Waals surface area contributed by atoms with E-state index in [0.717, 1.165) is 19.1 Å². The number of aliphatic hydroxyl groups excluding tert-OH is 1. The van der Waals surface area contributed by atoms with Crippen molar-refractivity contribution in [3.8, 4) is 0 Å². The fourth-order valence-corrected chi connectivity index (χ4v) is 17.8. The van der Waals surface area contributed by atoms with Crippen molar-refractivity contribution in [3.05, 3.63) is 12.7 Å². The number of aliphatic hydroxyl groups is 1. The number of alkyl halides is 8. The predicted molar refractivity (Wildman–Crippen MR) is 499 cm³/mol. The second-order valence-electron chi connectivity index (χ2n) is 41.8. The Morgan fingerprint density at radius 2 is 0.653 bits per heavy atom. The van der Waals surface area contributed by atoms with E-state index in [9.17, 15) is 128 Å². The zero-order valence-corrected chi connectivity index (χ0v) is 92.2. The van der Waals surface area contributed by atoms with Crippen molar-refractivity contribution in [2.75, 3.05) is 33.0 Å². The van der Waals surface area contributed by atoms with Gasteiger partial charge in [0.1, 0.15) is 73.1 Å². The third kappa shape index (κ3) is 44.6. The number of carboxylic acid groups (broad SMARTS) is 1. The van der Waals surface area contributed by atoms with Gasteiger partial charge in [0, 0.05) is 102 Å². The predicted octanol–water partition coefficient (Wildman–Crippen LogP) is 9.44. The van der Waals surface area contributed by atoms with E-state index in [4.69, 9.17) is 69.8 Å². The third-order valence-electron chi connectivity index (χ3n) is 22.2. The Kier molecular flexibility index (Phi) is 48.6. The number of aldehydes is 1. The van der Waals surface area contributed by atoms with Crippen LogP contribution in [0.1, 0.15) is 274 Å². The minimum Gasteiger partial charge on any atom is -0.479 e. The second kappa shape index (κ2) is 53.2. The standard InChI is InChI=1S/C14H22F2N2O5S.C13H21F2NO4.C13H23NO5.C13H21NO5.C13H21NO4.C11H17F2NO4.C9H14F2N2O3S.C3H7NO2S.BH.U/c1-13(2,3)23-12(20)17-14(7-8(14)6-10(15)16)11(19)18-24(21,22)9-4-5-9;1-5-19-10(17)13(7-8(13)6-9(14)15)16-11(18)20-12(2,3)4;2*1-5-18-10(16)13(8-9(13)6-7-15)14-11(17)19-12(2,3)4;1-6-9-8-13(9,10(15)17-7-2)14-11(16)18-12(3,4)5;1-10(2,3)18-9(17)14-11(8(15)16)5-6(11)4-7(12)13;10-7(11)3-5-4-9(5,12)8(14)13-17(15,16)6-1-2-6;4-7(5,6)3-1-2-3;;/h8-10H,4-7H2,1-3H3,(H,17,20)(H,18,19);8-9H,5-7H2,1-4H3,(H,16,18);9,15H,5-8H2,1-4H3,(H,14,17);7,9H,5-6,8H2,1-4H3,(H,14,17);6,9H,1,7-8H2,2-5H3,(H,14,16);6-7H,4-5H2,1-3H3,(H,14,17)(H,15,16);5-7H,1-4,12H2,(H,13,14);3H,1-2H2,(H2,4,5,6);1H;/t8-,14-;8-,13-;3*9-,13-;6-,11-;5-,9-;;;/m1111111.../s1/i;;;;;;;;1D;. The van der Waals surface area contributed by atoms with E-state index >= 15 is 0 Å². The number of nitrogens with one attached hydrogen (secondary N) is 8. The average Bonchev–Trinajstić information content (AvgIpc) is 1.57. The Bertz CT molecular complexity index is 4800. The number of nitrogens with two attached hydrogens (primary N) is 2. The van der Waals surface area contributed by atoms with Gasteiger partial charge in [0.25, 0.3) is 11.8 Å². The number of carboxylic acids is 1. The van der Waals surface area contributed by atoms with Crippen LogP contribution in [0, 0.1) is 72.5 Å². The first kappa shape index (κ1) is 132. The van der Waals surface area contributed by atoms with Crippen molar-refractivity contribution < 1.29 is 216 Å². The number of hydrogen-bond acceptors (Lipinski definition) is 32. The molecule has 0 aromatic rings. The van der Waals surface area contributed by atoms with E-state index in [0.29, 0.717) is 51.4 Å². The minimum atomic E-state index is -3.83. The van der Waals surface area contributed by atoms with Crippen LogP contribution in [0.15, 0.2) is 12.7 Å². The van der Waals surface area contributed by atoms with Gasteiger partial charge in [-0.05, 0) is 261 Å². The molecular weight excluding hydrogens is 2220 g/mol. The number of amides is 8. The summed E-state index contributed by atoms with van der Waals surface area (Å²) >= 11 is 0. The van der Waals surface area contributed by atoms with Crippen LogP contribution in [-0.4, -0.2) is 277 Å². The minimum absolute atomic E-state index is 0. The summed E-state index contributed by atoms with van der Waals surface area (Å²) in [5.41, 5.74) is -7.77. The third-order valence-corrected chi connectivity index (χ3v) is 27.2. The van der Waals surface area contributed by atoms with Crippen LogP contribution in [-0.2, 0) is 116 Å². The van der Waals surface area contributed by atoms with Crippen LogP contribution in [0.3, 0.4) is 0 Å². The van der Waals surface area contributed by atoms with Gasteiger partial charge in [-0.15, -0.1) is 6.58 Å². The molecule has 0 bridgehead atoms. The number of rotatable bonds is 35. The van der Waals surface area contributed by atoms with Gasteiger partial charge in [0.15, 0.2) is 0 Å². The molecule has 0 aromatic carbocycles. The number of sulfonamides is 3. The Morgan fingerprint density at radius 3 is 0.924 bits per heavy atom. The molecule has 144 heavy (non-hydrogen) atoms. The maximum Gasteiger partial charge on any atom is 0.408 e. The van der Waals surface area contributed by atoms with Gasteiger partial charge in [-0.3, -0.25) is 19.0 Å². The van der Waals surface area contributed by atoms with E-state index < -0.39 is 266 Å². The molecule has 2 radical (unpaired) electrons. The summed E-state index contributed by atoms with van der Waals surface area (Å²) in [5.74, 6) is -8.44. The molecule has 14 N–H and O–H groups in total. The Balaban J connectivity index is 0.000000834. The van der Waals surface area contributed by atoms with Crippen LogP contribution in [0.5, 0.6) is 0 Å². The number of halogens is 8. The molecule has 10 rings (SSSR count). The molecule has 10 fully saturated rings. The maximum atomic E-state index is 12.6. The van der Waals surface area contributed by atoms with Crippen molar-refractivity contribution in [2.24, 2.45) is 52.3 Å². The molecule has 0 saturated heterocycles. The molecule has 0 heterocycles. The van der Waals surface area contributed by atoms with Gasteiger partial charge < -0.3 is 100 Å². The summed E-state index contributed by atoms with van der Waals surface area (Å²) in [6.45, 7) is 41.7. The monoisotopic (exact) mass is 2370 g/mol. The molecule has 0 aromatic heterocycles. The molecule has 14 atom stereocenters. The molecule has 10 saturated carbocycles. The van der Waals surface area contributed by atoms with Gasteiger partial charge in [0.2, 0.25) is 55.8 Å². The maximum absolute atomic E-state index is 12.6. The first-order chi connectivity index (χ1) is 65.6. The number of hydrogen-bond donors (Lipinski definition) is 12. The molecule has 42 nitrogen and oxygen atoms in total. The SMILES string of the molecule is C=C[C@@H]1C[C@]1(NC(=O)OC(C)(C)C)C(=O)OCC.CC(C)(C)OC(=O)N[C@]1(C(=O)NS(=O)(=O)C2CC2)C[C@H]1CC(F)F.CC(C)(C)OC(=O)N[C@]1(C(=O)O)C[C@H]1CC(F)F.CCOC(=O)[C@@]1(NC(=O)OC(C)(C)C)C[C@H]1CC(F)F.CCOC(=O)[C@@]1(NC(=O)OC(C)(C)C)C[C@H]1CC=O.CCOC(=O)[C@@]1(NC(=O)OC(C)(C)C)C[C@H]1CCO.NS(=O)(=O)C1CC1.N[C@]1(C(=O)NS(=O)(=O)C2CC2)C[C@H]1CC(F)F.[2H][B].[U]. The summed E-state index contributed by atoms with van der Waals surface area (Å²) in [5, 5.41) is 35.9. The number of carbonyl (C=O) groups is 14. The topological polar surface area (TPSA) is 622 Å². The molecule has 8 amide bonds. The van der Waals surface area contributed by atoms with E-state index in [2.05, 4.69) is 46.9 Å². The Hall–Kier alpha value is -8.39. The van der Waals surface area contributed by atoms with Crippen molar-refractivity contribution in [3.63, 3.8) is 0 Å². The van der Waals surface area contributed by atoms with Gasteiger partial charge in [-0.25, -0.2) is 118 Å². The summed E-state index contributed by atoms with van der Waals surface area (Å²) in [7, 11) is -6.86. The van der Waals surface area contributed by atoms with Gasteiger partial charge in [-0.2, -0.15) is 0 Å². The smallest absolute Gasteiger partial charge is 0.408 e. The molecule has 55 heteroatoms. The molecule has 826 valence electrons. The normalized spacial score (nSPS) is 26.3. The number of alkyl carbamates (subject to hydrolysis) is 6. The Labute approximate surface area is 862 Å². The van der Waals surface area contributed by atoms with Crippen molar-refractivity contribution in [1.82, 2.24) is 41.3 Å². The molecule has 0 spiro atoms. The second-order valence-corrected chi connectivity index (χ2v) is 47.6. The van der Waals surface area contributed by atoms with E-state index in [1.807, 2.05) is 9.44 Å². The van der Waals surface area contributed by atoms with E-state index in [-0.39, 0.29) is 119 Å². The molecule has 0 unspecified atom stereocenters. The summed E-state index contributed by atoms with van der Waals surface area (Å²) in [6, 6.07) is 0. The van der Waals surface area contributed by atoms with Crippen LogP contribution < -0.4 is 52.2 Å². The average molecular weight is 2370 g/mol. The fourth-order valence-electron chi connectivity index (χ4n) is 14.2. The van der Waals surface area contributed by atoms with Gasteiger partial charge >= 0.3 is 66.4 Å². The van der Waals surface area contributed by atoms with Crippen molar-refractivity contribution in [1.29, 1.82) is 1.34 Å². The summed E-state index contributed by atoms with van der Waals surface area (Å²) < 4.78 is 225. The van der Waals surface area contributed by atoms with Crippen molar-refractivity contribution in [2.45, 2.75) is 388 Å². The largest absolute Gasteiger partial charge is 0.479 e. The number of ether oxygens (including phenoxy) is 10. The van der Waals surface area contributed by atoms with Gasteiger partial charge in [-0.1, -0.05) is 6.08 Å². The first-order valence-electron chi connectivity index (χ1n) is 46.9. The fraction of sp³-hybridized carbons (Fsp3) is 0.820. The number of primary sulfonamides is 1. The molecule has 0 aliphatic heterocycles.